The molecule has 0 aromatic carbocycles. The maximum Gasteiger partial charge on any atom is 0.214 e. The number of hydrogen-bond acceptors (Lipinski definition) is 4. The number of hydrogen-bond donors (Lipinski definition) is 1. The Balaban J connectivity index is 2.83. The minimum atomic E-state index is -3.54. The number of rotatable bonds is 4. The fourth-order valence-corrected chi connectivity index (χ4v) is 1.62. The Bertz CT molecular complexity index is 429. The first-order chi connectivity index (χ1) is 6.87. The molecule has 0 aliphatic heterocycles. The van der Waals surface area contributed by atoms with E-state index in [0.29, 0.717) is 11.6 Å². The van der Waals surface area contributed by atoms with Crippen molar-refractivity contribution in [1.29, 1.82) is 0 Å². The van der Waals surface area contributed by atoms with Gasteiger partial charge in [-0.1, -0.05) is 6.07 Å². The van der Waals surface area contributed by atoms with Crippen LogP contribution in [0.1, 0.15) is 19.5 Å². The van der Waals surface area contributed by atoms with E-state index in [1.54, 1.807) is 18.2 Å². The van der Waals surface area contributed by atoms with Crippen LogP contribution in [0.3, 0.4) is 0 Å². The molecule has 0 spiro atoms. The van der Waals surface area contributed by atoms with Crippen molar-refractivity contribution >= 4 is 10.0 Å². The smallest absolute Gasteiger partial charge is 0.214 e. The maximum atomic E-state index is 10.8. The summed E-state index contributed by atoms with van der Waals surface area (Å²) in [5, 5.41) is 4.91. The van der Waals surface area contributed by atoms with Gasteiger partial charge in [-0.05, 0) is 19.9 Å². The first kappa shape index (κ1) is 11.9. The zero-order valence-corrected chi connectivity index (χ0v) is 9.49. The molecular formula is C9H14N2O3S. The lowest BCUT2D eigenvalue weighted by Crippen LogP contribution is -2.15. The molecule has 84 valence electrons. The van der Waals surface area contributed by atoms with Crippen molar-refractivity contribution in [3.8, 4) is 5.88 Å². The van der Waals surface area contributed by atoms with Crippen LogP contribution in [0, 0.1) is 0 Å². The Hall–Kier alpha value is -1.14. The molecule has 1 heterocycles. The number of nitrogens with two attached hydrogens (primary N) is 1. The second-order valence-corrected chi connectivity index (χ2v) is 5.06. The Labute approximate surface area is 89.3 Å². The fraction of sp³-hybridized carbons (Fsp3) is 0.444. The Morgan fingerprint density at radius 1 is 1.47 bits per heavy atom. The molecule has 0 saturated heterocycles. The average molecular weight is 230 g/mol. The number of aromatic nitrogens is 1. The largest absolute Gasteiger partial charge is 0.475 e. The molecule has 0 radical (unpaired) electrons. The van der Waals surface area contributed by atoms with Crippen LogP contribution in [-0.4, -0.2) is 19.5 Å². The first-order valence-electron chi connectivity index (χ1n) is 4.50. The zero-order valence-electron chi connectivity index (χ0n) is 8.67. The zero-order chi connectivity index (χ0) is 11.5. The number of ether oxygens (including phenoxy) is 1. The molecule has 1 rings (SSSR count). The van der Waals surface area contributed by atoms with Crippen molar-refractivity contribution in [1.82, 2.24) is 4.98 Å². The highest BCUT2D eigenvalue weighted by molar-refractivity contribution is 7.88. The van der Waals surface area contributed by atoms with Gasteiger partial charge in [0, 0.05) is 6.07 Å². The second-order valence-electron chi connectivity index (χ2n) is 3.44. The Morgan fingerprint density at radius 2 is 2.13 bits per heavy atom. The summed E-state index contributed by atoms with van der Waals surface area (Å²) in [5.41, 5.74) is 0.385. The summed E-state index contributed by atoms with van der Waals surface area (Å²) in [6.45, 7) is 3.74. The standard InChI is InChI=1S/C9H14N2O3S/c1-7(2)14-9-5-3-4-8(11-9)6-15(10,12)13/h3-5,7H,6H2,1-2H3,(H2,10,12,13). The van der Waals surface area contributed by atoms with Gasteiger partial charge in [-0.2, -0.15) is 0 Å². The third kappa shape index (κ3) is 4.75. The normalized spacial score (nSPS) is 11.7. The highest BCUT2D eigenvalue weighted by Crippen LogP contribution is 2.10. The molecule has 1 aromatic rings. The summed E-state index contributed by atoms with van der Waals surface area (Å²) in [5.74, 6) is 0.133. The van der Waals surface area contributed by atoms with Gasteiger partial charge in [-0.15, -0.1) is 0 Å². The summed E-state index contributed by atoms with van der Waals surface area (Å²) >= 11 is 0. The summed E-state index contributed by atoms with van der Waals surface area (Å²) in [6.07, 6.45) is 0.00207. The van der Waals surface area contributed by atoms with Crippen molar-refractivity contribution < 1.29 is 13.2 Å². The SMILES string of the molecule is CC(C)Oc1cccc(CS(N)(=O)=O)n1. The number of sulfonamides is 1. The van der Waals surface area contributed by atoms with Crippen molar-refractivity contribution in [3.05, 3.63) is 23.9 Å². The Kier molecular flexibility index (Phi) is 3.65. The summed E-state index contributed by atoms with van der Waals surface area (Å²) in [6, 6.07) is 4.95. The molecule has 5 nitrogen and oxygen atoms in total. The number of pyridine rings is 1. The Morgan fingerprint density at radius 3 is 2.67 bits per heavy atom. The van der Waals surface area contributed by atoms with E-state index in [2.05, 4.69) is 4.98 Å². The minimum Gasteiger partial charge on any atom is -0.475 e. The van der Waals surface area contributed by atoms with Gasteiger partial charge in [-0.3, -0.25) is 0 Å². The van der Waals surface area contributed by atoms with E-state index in [9.17, 15) is 8.42 Å². The second kappa shape index (κ2) is 4.59. The molecular weight excluding hydrogens is 216 g/mol. The molecule has 0 atom stereocenters. The maximum absolute atomic E-state index is 10.8. The van der Waals surface area contributed by atoms with E-state index in [1.807, 2.05) is 13.8 Å². The molecule has 15 heavy (non-hydrogen) atoms. The van der Waals surface area contributed by atoms with Gasteiger partial charge in [0.25, 0.3) is 0 Å². The lowest BCUT2D eigenvalue weighted by Gasteiger charge is -2.09. The molecule has 6 heteroatoms. The van der Waals surface area contributed by atoms with Crippen LogP contribution in [0.25, 0.3) is 0 Å². The molecule has 0 fully saturated rings. The van der Waals surface area contributed by atoms with Gasteiger partial charge in [0.05, 0.1) is 11.8 Å². The van der Waals surface area contributed by atoms with Crippen molar-refractivity contribution in [2.24, 2.45) is 5.14 Å². The molecule has 0 aliphatic rings. The van der Waals surface area contributed by atoms with Crippen LogP contribution < -0.4 is 9.88 Å². The minimum absolute atomic E-state index is 0.00207. The lowest BCUT2D eigenvalue weighted by molar-refractivity contribution is 0.232. The van der Waals surface area contributed by atoms with Crippen LogP contribution in [0.5, 0.6) is 5.88 Å². The predicted octanol–water partition coefficient (Wildman–Crippen LogP) is 0.657. The molecule has 0 amide bonds. The fourth-order valence-electron chi connectivity index (χ4n) is 1.05. The highest BCUT2D eigenvalue weighted by atomic mass is 32.2. The average Bonchev–Trinajstić information content (AvgIpc) is 1.99. The van der Waals surface area contributed by atoms with Crippen LogP contribution in [0.15, 0.2) is 18.2 Å². The number of primary sulfonamides is 1. The predicted molar refractivity (Wildman–Crippen MR) is 56.8 cm³/mol. The summed E-state index contributed by atoms with van der Waals surface area (Å²) in [7, 11) is -3.54. The van der Waals surface area contributed by atoms with Gasteiger partial charge in [0.15, 0.2) is 0 Å². The van der Waals surface area contributed by atoms with Gasteiger partial charge < -0.3 is 4.74 Å². The van der Waals surface area contributed by atoms with E-state index in [1.165, 1.54) is 0 Å². The summed E-state index contributed by atoms with van der Waals surface area (Å²) < 4.78 is 27.0. The number of nitrogens with zero attached hydrogens (tertiary/aromatic N) is 1. The van der Waals surface area contributed by atoms with Crippen LogP contribution in [0.4, 0.5) is 0 Å². The molecule has 0 aliphatic carbocycles. The van der Waals surface area contributed by atoms with E-state index < -0.39 is 10.0 Å². The van der Waals surface area contributed by atoms with Gasteiger partial charge in [0.1, 0.15) is 5.75 Å². The molecule has 0 saturated carbocycles. The highest BCUT2D eigenvalue weighted by Gasteiger charge is 2.07. The monoisotopic (exact) mass is 230 g/mol. The third-order valence-corrected chi connectivity index (χ3v) is 2.18. The first-order valence-corrected chi connectivity index (χ1v) is 6.21. The summed E-state index contributed by atoms with van der Waals surface area (Å²) in [4.78, 5) is 4.02. The van der Waals surface area contributed by atoms with Crippen molar-refractivity contribution in [2.75, 3.05) is 0 Å². The van der Waals surface area contributed by atoms with Crippen molar-refractivity contribution in [2.45, 2.75) is 25.7 Å². The topological polar surface area (TPSA) is 82.3 Å². The van der Waals surface area contributed by atoms with E-state index in [4.69, 9.17) is 9.88 Å². The molecule has 1 aromatic heterocycles. The molecule has 0 bridgehead atoms. The lowest BCUT2D eigenvalue weighted by atomic mass is 10.4. The third-order valence-electron chi connectivity index (χ3n) is 1.49. The van der Waals surface area contributed by atoms with Crippen LogP contribution in [-0.2, 0) is 15.8 Å². The van der Waals surface area contributed by atoms with Crippen LogP contribution >= 0.6 is 0 Å². The molecule has 2 N–H and O–H groups in total. The van der Waals surface area contributed by atoms with Crippen molar-refractivity contribution in [3.63, 3.8) is 0 Å². The van der Waals surface area contributed by atoms with Crippen LogP contribution in [0.2, 0.25) is 0 Å². The van der Waals surface area contributed by atoms with Gasteiger partial charge in [0.2, 0.25) is 15.9 Å². The van der Waals surface area contributed by atoms with Gasteiger partial charge >= 0.3 is 0 Å². The van der Waals surface area contributed by atoms with E-state index in [0.717, 1.165) is 0 Å². The molecule has 0 unspecified atom stereocenters. The quantitative estimate of drug-likeness (QED) is 0.823. The van der Waals surface area contributed by atoms with Gasteiger partial charge in [-0.25, -0.2) is 18.5 Å². The van der Waals surface area contributed by atoms with E-state index in [-0.39, 0.29) is 11.9 Å². The van der Waals surface area contributed by atoms with E-state index >= 15 is 0 Å².